The molecule has 1 atom stereocenters. The summed E-state index contributed by atoms with van der Waals surface area (Å²) in [6, 6.07) is 4.84. The summed E-state index contributed by atoms with van der Waals surface area (Å²) >= 11 is 11.8. The number of halogens is 2. The largest absolute Gasteiger partial charge is 0.469 e. The summed E-state index contributed by atoms with van der Waals surface area (Å²) in [6.45, 7) is 2.29. The van der Waals surface area contributed by atoms with Gasteiger partial charge < -0.3 is 10.1 Å². The summed E-state index contributed by atoms with van der Waals surface area (Å²) in [5, 5.41) is 3.59. The van der Waals surface area contributed by atoms with E-state index >= 15 is 0 Å². The van der Waals surface area contributed by atoms with E-state index in [1.165, 1.54) is 7.11 Å². The molecular formula is C14H18Cl2N2O3. The van der Waals surface area contributed by atoms with Crippen molar-refractivity contribution in [2.75, 3.05) is 32.6 Å². The second-order valence-electron chi connectivity index (χ2n) is 4.79. The molecule has 0 heterocycles. The van der Waals surface area contributed by atoms with Gasteiger partial charge in [-0.1, -0.05) is 30.1 Å². The normalized spacial score (nSPS) is 12.1. The number of rotatable bonds is 6. The highest BCUT2D eigenvalue weighted by Crippen LogP contribution is 2.25. The predicted molar refractivity (Wildman–Crippen MR) is 83.8 cm³/mol. The van der Waals surface area contributed by atoms with Crippen molar-refractivity contribution in [1.82, 2.24) is 4.90 Å². The van der Waals surface area contributed by atoms with Gasteiger partial charge in [0.1, 0.15) is 0 Å². The molecule has 1 unspecified atom stereocenters. The van der Waals surface area contributed by atoms with Gasteiger partial charge in [-0.2, -0.15) is 0 Å². The number of hydrogen-bond acceptors (Lipinski definition) is 4. The number of benzene rings is 1. The minimum Gasteiger partial charge on any atom is -0.469 e. The third-order valence-corrected chi connectivity index (χ3v) is 3.37. The first-order valence-corrected chi connectivity index (χ1v) is 7.10. The van der Waals surface area contributed by atoms with E-state index in [4.69, 9.17) is 23.2 Å². The third kappa shape index (κ3) is 5.91. The van der Waals surface area contributed by atoms with Crippen LogP contribution in [-0.4, -0.2) is 44.0 Å². The molecule has 5 nitrogen and oxygen atoms in total. The Morgan fingerprint density at radius 1 is 1.38 bits per heavy atom. The molecular weight excluding hydrogens is 315 g/mol. The zero-order chi connectivity index (χ0) is 16.0. The van der Waals surface area contributed by atoms with E-state index in [-0.39, 0.29) is 24.3 Å². The molecule has 0 aliphatic carbocycles. The van der Waals surface area contributed by atoms with Crippen LogP contribution in [0, 0.1) is 5.92 Å². The molecule has 21 heavy (non-hydrogen) atoms. The van der Waals surface area contributed by atoms with Crippen LogP contribution in [0.2, 0.25) is 10.0 Å². The second kappa shape index (κ2) is 8.22. The van der Waals surface area contributed by atoms with E-state index < -0.39 is 0 Å². The Kier molecular flexibility index (Phi) is 6.95. The standard InChI is InChI=1S/C14H18Cl2N2O3/c1-9(14(20)21-3)7-18(2)8-13(19)17-12-6-10(15)4-5-11(12)16/h4-6,9H,7-8H2,1-3H3,(H,17,19). The van der Waals surface area contributed by atoms with Gasteiger partial charge >= 0.3 is 5.97 Å². The maximum Gasteiger partial charge on any atom is 0.309 e. The molecule has 1 aromatic carbocycles. The highest BCUT2D eigenvalue weighted by Gasteiger charge is 2.17. The molecule has 0 saturated heterocycles. The number of nitrogens with one attached hydrogen (secondary N) is 1. The van der Waals surface area contributed by atoms with Crippen molar-refractivity contribution in [1.29, 1.82) is 0 Å². The van der Waals surface area contributed by atoms with Crippen molar-refractivity contribution in [3.63, 3.8) is 0 Å². The monoisotopic (exact) mass is 332 g/mol. The van der Waals surface area contributed by atoms with Gasteiger partial charge in [0, 0.05) is 11.6 Å². The lowest BCUT2D eigenvalue weighted by molar-refractivity contribution is -0.145. The lowest BCUT2D eigenvalue weighted by Gasteiger charge is -2.19. The van der Waals surface area contributed by atoms with Crippen LogP contribution in [-0.2, 0) is 14.3 Å². The maximum absolute atomic E-state index is 11.9. The summed E-state index contributed by atoms with van der Waals surface area (Å²) in [7, 11) is 3.09. The van der Waals surface area contributed by atoms with E-state index in [9.17, 15) is 9.59 Å². The number of carbonyl (C=O) groups excluding carboxylic acids is 2. The van der Waals surface area contributed by atoms with Crippen LogP contribution in [0.4, 0.5) is 5.69 Å². The first kappa shape index (κ1) is 17.8. The molecule has 0 bridgehead atoms. The van der Waals surface area contributed by atoms with Crippen LogP contribution < -0.4 is 5.32 Å². The van der Waals surface area contributed by atoms with Crippen LogP contribution in [0.15, 0.2) is 18.2 Å². The Morgan fingerprint density at radius 3 is 2.67 bits per heavy atom. The average molecular weight is 333 g/mol. The minimum atomic E-state index is -0.305. The van der Waals surface area contributed by atoms with Gasteiger partial charge in [-0.05, 0) is 25.2 Å². The van der Waals surface area contributed by atoms with Gasteiger partial charge in [0.25, 0.3) is 0 Å². The fraction of sp³-hybridized carbons (Fsp3) is 0.429. The summed E-state index contributed by atoms with van der Waals surface area (Å²) < 4.78 is 4.64. The number of ether oxygens (including phenoxy) is 1. The average Bonchev–Trinajstić information content (AvgIpc) is 2.41. The van der Waals surface area contributed by atoms with E-state index in [0.717, 1.165) is 0 Å². The van der Waals surface area contributed by atoms with Crippen molar-refractivity contribution < 1.29 is 14.3 Å². The van der Waals surface area contributed by atoms with Crippen molar-refractivity contribution in [2.45, 2.75) is 6.92 Å². The van der Waals surface area contributed by atoms with Crippen molar-refractivity contribution in [2.24, 2.45) is 5.92 Å². The van der Waals surface area contributed by atoms with Gasteiger partial charge in [-0.15, -0.1) is 0 Å². The number of methoxy groups -OCH3 is 1. The van der Waals surface area contributed by atoms with Crippen LogP contribution >= 0.6 is 23.2 Å². The van der Waals surface area contributed by atoms with Gasteiger partial charge in [0.05, 0.1) is 30.3 Å². The number of hydrogen-bond donors (Lipinski definition) is 1. The second-order valence-corrected chi connectivity index (χ2v) is 5.64. The lowest BCUT2D eigenvalue weighted by Crippen LogP contribution is -2.35. The molecule has 0 aliphatic heterocycles. The Morgan fingerprint density at radius 2 is 2.05 bits per heavy atom. The van der Waals surface area contributed by atoms with E-state index in [1.54, 1.807) is 37.1 Å². The SMILES string of the molecule is COC(=O)C(C)CN(C)CC(=O)Nc1cc(Cl)ccc1Cl. The quantitative estimate of drug-likeness (QED) is 0.813. The summed E-state index contributed by atoms with van der Waals surface area (Å²) in [4.78, 5) is 25.0. The zero-order valence-corrected chi connectivity index (χ0v) is 13.7. The molecule has 0 radical (unpaired) electrons. The highest BCUT2D eigenvalue weighted by molar-refractivity contribution is 6.35. The summed E-state index contributed by atoms with van der Waals surface area (Å²) in [5.74, 6) is -0.846. The van der Waals surface area contributed by atoms with E-state index in [0.29, 0.717) is 22.3 Å². The molecule has 0 saturated carbocycles. The molecule has 0 aliphatic rings. The maximum atomic E-state index is 11.9. The number of amides is 1. The number of esters is 1. The first-order valence-electron chi connectivity index (χ1n) is 6.34. The summed E-state index contributed by atoms with van der Waals surface area (Å²) in [6.07, 6.45) is 0. The zero-order valence-electron chi connectivity index (χ0n) is 12.2. The highest BCUT2D eigenvalue weighted by atomic mass is 35.5. The fourth-order valence-electron chi connectivity index (χ4n) is 1.84. The van der Waals surface area contributed by atoms with E-state index in [2.05, 4.69) is 10.1 Å². The predicted octanol–water partition coefficient (Wildman–Crippen LogP) is 2.67. The van der Waals surface area contributed by atoms with Gasteiger partial charge in [-0.25, -0.2) is 0 Å². The first-order chi connectivity index (χ1) is 9.83. The Bertz CT molecular complexity index is 523. The van der Waals surface area contributed by atoms with Crippen LogP contribution in [0.5, 0.6) is 0 Å². The third-order valence-electron chi connectivity index (χ3n) is 2.81. The van der Waals surface area contributed by atoms with Crippen molar-refractivity contribution >= 4 is 40.8 Å². The molecule has 1 N–H and O–H groups in total. The van der Waals surface area contributed by atoms with Crippen LogP contribution in [0.25, 0.3) is 0 Å². The van der Waals surface area contributed by atoms with Gasteiger partial charge in [0.2, 0.25) is 5.91 Å². The molecule has 1 aromatic rings. The van der Waals surface area contributed by atoms with Gasteiger partial charge in [-0.3, -0.25) is 14.5 Å². The molecule has 0 fully saturated rings. The van der Waals surface area contributed by atoms with Crippen LogP contribution in [0.1, 0.15) is 6.92 Å². The Labute approximate surface area is 134 Å². The number of carbonyl (C=O) groups is 2. The summed E-state index contributed by atoms with van der Waals surface area (Å²) in [5.41, 5.74) is 0.462. The van der Waals surface area contributed by atoms with E-state index in [1.807, 2.05) is 0 Å². The van der Waals surface area contributed by atoms with Crippen molar-refractivity contribution in [3.05, 3.63) is 28.2 Å². The number of likely N-dealkylation sites (N-methyl/N-ethyl adjacent to an activating group) is 1. The van der Waals surface area contributed by atoms with Crippen molar-refractivity contribution in [3.8, 4) is 0 Å². The Balaban J connectivity index is 2.53. The topological polar surface area (TPSA) is 58.6 Å². The fourth-order valence-corrected chi connectivity index (χ4v) is 2.17. The number of nitrogens with zero attached hydrogens (tertiary/aromatic N) is 1. The van der Waals surface area contributed by atoms with Gasteiger partial charge in [0.15, 0.2) is 0 Å². The smallest absolute Gasteiger partial charge is 0.309 e. The molecule has 7 heteroatoms. The van der Waals surface area contributed by atoms with Crippen LogP contribution in [0.3, 0.4) is 0 Å². The lowest BCUT2D eigenvalue weighted by atomic mass is 10.2. The molecule has 1 rings (SSSR count). The number of anilines is 1. The molecule has 0 aromatic heterocycles. The minimum absolute atomic E-state index is 0.129. The molecule has 1 amide bonds. The molecule has 116 valence electrons. The molecule has 0 spiro atoms. The Hall–Kier alpha value is -1.30.